The molecule has 0 aliphatic heterocycles. The third kappa shape index (κ3) is 3.38. The summed E-state index contributed by atoms with van der Waals surface area (Å²) < 4.78 is 14.2. The van der Waals surface area contributed by atoms with Gasteiger partial charge in [0.15, 0.2) is 0 Å². The molecule has 3 aromatic rings. The lowest BCUT2D eigenvalue weighted by molar-refractivity contribution is -0.119. The second kappa shape index (κ2) is 7.33. The number of benzene rings is 2. The molecule has 2 amide bonds. The maximum Gasteiger partial charge on any atom is 0.255 e. The third-order valence-electron chi connectivity index (χ3n) is 5.29. The van der Waals surface area contributed by atoms with Gasteiger partial charge in [0.05, 0.1) is 29.4 Å². The number of primary amides is 1. The Morgan fingerprint density at radius 2 is 2.03 bits per heavy atom. The monoisotopic (exact) mass is 412 g/mol. The summed E-state index contributed by atoms with van der Waals surface area (Å²) in [6, 6.07) is 11.5. The number of nitrogens with zero attached hydrogens (tertiary/aromatic N) is 1. The van der Waals surface area contributed by atoms with Crippen LogP contribution in [0.1, 0.15) is 34.3 Å². The van der Waals surface area contributed by atoms with Crippen LogP contribution in [0.25, 0.3) is 11.3 Å². The maximum atomic E-state index is 14.2. The standard InChI is InChI=1S/C21H18ClFN4O2/c22-16-6-3-5-15-12(16)8-9-21(15,10-18(24)28)26-20(29)14-11-25-27-19(14)13-4-1-2-7-17(13)23/h1-7,11H,8-10H2,(H2,24,28)(H,25,27)(H,26,29)/t21-/m0/s1. The Morgan fingerprint density at radius 3 is 2.79 bits per heavy atom. The number of halogens is 2. The minimum atomic E-state index is -0.979. The van der Waals surface area contributed by atoms with E-state index in [1.165, 1.54) is 12.3 Å². The van der Waals surface area contributed by atoms with Crippen LogP contribution < -0.4 is 11.1 Å². The second-order valence-electron chi connectivity index (χ2n) is 7.08. The maximum absolute atomic E-state index is 14.2. The average molecular weight is 413 g/mol. The summed E-state index contributed by atoms with van der Waals surface area (Å²) >= 11 is 6.31. The van der Waals surface area contributed by atoms with Gasteiger partial charge < -0.3 is 11.1 Å². The summed E-state index contributed by atoms with van der Waals surface area (Å²) in [5, 5.41) is 10.1. The molecule has 6 nitrogen and oxygen atoms in total. The summed E-state index contributed by atoms with van der Waals surface area (Å²) in [5.41, 5.74) is 6.84. The second-order valence-corrected chi connectivity index (χ2v) is 7.49. The van der Waals surface area contributed by atoms with Gasteiger partial charge in [-0.05, 0) is 42.2 Å². The van der Waals surface area contributed by atoms with E-state index in [0.717, 1.165) is 11.1 Å². The molecule has 1 aliphatic carbocycles. The molecule has 29 heavy (non-hydrogen) atoms. The van der Waals surface area contributed by atoms with E-state index >= 15 is 0 Å². The van der Waals surface area contributed by atoms with Gasteiger partial charge in [-0.2, -0.15) is 5.10 Å². The molecule has 0 bridgehead atoms. The number of hydrogen-bond donors (Lipinski definition) is 3. The van der Waals surface area contributed by atoms with Gasteiger partial charge in [-0.1, -0.05) is 35.9 Å². The van der Waals surface area contributed by atoms with Crippen molar-refractivity contribution in [2.24, 2.45) is 5.73 Å². The minimum absolute atomic E-state index is 0.0705. The van der Waals surface area contributed by atoms with Gasteiger partial charge in [0.25, 0.3) is 5.91 Å². The van der Waals surface area contributed by atoms with Crippen molar-refractivity contribution in [1.82, 2.24) is 15.5 Å². The number of nitrogens with one attached hydrogen (secondary N) is 2. The van der Waals surface area contributed by atoms with E-state index in [1.807, 2.05) is 6.07 Å². The lowest BCUT2D eigenvalue weighted by atomic mass is 9.87. The third-order valence-corrected chi connectivity index (χ3v) is 5.65. The van der Waals surface area contributed by atoms with Crippen LogP contribution in [-0.4, -0.2) is 22.0 Å². The minimum Gasteiger partial charge on any atom is -0.370 e. The molecule has 148 valence electrons. The molecule has 1 atom stereocenters. The number of nitrogens with two attached hydrogens (primary N) is 1. The predicted octanol–water partition coefficient (Wildman–Crippen LogP) is 3.32. The van der Waals surface area contributed by atoms with Crippen molar-refractivity contribution in [3.8, 4) is 11.3 Å². The highest BCUT2D eigenvalue weighted by atomic mass is 35.5. The molecule has 2 aromatic carbocycles. The summed E-state index contributed by atoms with van der Waals surface area (Å²) in [6.45, 7) is 0. The van der Waals surface area contributed by atoms with Crippen LogP contribution in [0.15, 0.2) is 48.7 Å². The number of aromatic nitrogens is 2. The number of carbonyl (C=O) groups is 2. The summed E-state index contributed by atoms with van der Waals surface area (Å²) in [6.07, 6.45) is 2.35. The smallest absolute Gasteiger partial charge is 0.255 e. The zero-order valence-corrected chi connectivity index (χ0v) is 16.1. The molecule has 0 radical (unpaired) electrons. The van der Waals surface area contributed by atoms with Crippen molar-refractivity contribution in [3.63, 3.8) is 0 Å². The van der Waals surface area contributed by atoms with Crippen molar-refractivity contribution >= 4 is 23.4 Å². The lowest BCUT2D eigenvalue weighted by Gasteiger charge is -2.31. The van der Waals surface area contributed by atoms with Crippen molar-refractivity contribution in [2.75, 3.05) is 0 Å². The molecule has 0 fully saturated rings. The SMILES string of the molecule is NC(=O)C[C@@]1(NC(=O)c2cn[nH]c2-c2ccccc2F)CCc2c(Cl)cccc21. The van der Waals surface area contributed by atoms with Crippen LogP contribution in [0.3, 0.4) is 0 Å². The van der Waals surface area contributed by atoms with Crippen molar-refractivity contribution in [2.45, 2.75) is 24.8 Å². The van der Waals surface area contributed by atoms with Gasteiger partial charge in [0.2, 0.25) is 5.91 Å². The van der Waals surface area contributed by atoms with Crippen LogP contribution in [0.5, 0.6) is 0 Å². The van der Waals surface area contributed by atoms with E-state index in [9.17, 15) is 14.0 Å². The summed E-state index contributed by atoms with van der Waals surface area (Å²) in [5.74, 6) is -1.50. The fourth-order valence-corrected chi connectivity index (χ4v) is 4.27. The highest BCUT2D eigenvalue weighted by Gasteiger charge is 2.42. The van der Waals surface area contributed by atoms with Crippen LogP contribution in [-0.2, 0) is 16.8 Å². The largest absolute Gasteiger partial charge is 0.370 e. The molecule has 4 N–H and O–H groups in total. The molecule has 1 aromatic heterocycles. The van der Waals surface area contributed by atoms with Gasteiger partial charge in [0.1, 0.15) is 5.82 Å². The van der Waals surface area contributed by atoms with Crippen LogP contribution >= 0.6 is 11.6 Å². The molecule has 0 saturated heterocycles. The van der Waals surface area contributed by atoms with Gasteiger partial charge in [-0.15, -0.1) is 0 Å². The number of fused-ring (bicyclic) bond motifs is 1. The van der Waals surface area contributed by atoms with Gasteiger partial charge in [0, 0.05) is 10.6 Å². The van der Waals surface area contributed by atoms with Crippen LogP contribution in [0.2, 0.25) is 5.02 Å². The first-order valence-electron chi connectivity index (χ1n) is 9.08. The topological polar surface area (TPSA) is 101 Å². The predicted molar refractivity (Wildman–Crippen MR) is 107 cm³/mol. The molecule has 0 unspecified atom stereocenters. The Hall–Kier alpha value is -3.19. The molecule has 8 heteroatoms. The van der Waals surface area contributed by atoms with E-state index in [2.05, 4.69) is 15.5 Å². The summed E-state index contributed by atoms with van der Waals surface area (Å²) in [4.78, 5) is 25.0. The number of amides is 2. The highest BCUT2D eigenvalue weighted by Crippen LogP contribution is 2.42. The summed E-state index contributed by atoms with van der Waals surface area (Å²) in [7, 11) is 0. The molecule has 1 aliphatic rings. The van der Waals surface area contributed by atoms with Crippen molar-refractivity contribution < 1.29 is 14.0 Å². The van der Waals surface area contributed by atoms with Gasteiger partial charge in [-0.3, -0.25) is 14.7 Å². The molecule has 1 heterocycles. The van der Waals surface area contributed by atoms with Gasteiger partial charge in [-0.25, -0.2) is 4.39 Å². The fraction of sp³-hybridized carbons (Fsp3) is 0.190. The number of aromatic amines is 1. The quantitative estimate of drug-likeness (QED) is 0.599. The van der Waals surface area contributed by atoms with Crippen molar-refractivity contribution in [1.29, 1.82) is 0 Å². The average Bonchev–Trinajstić information content (AvgIpc) is 3.28. The molecular weight excluding hydrogens is 395 g/mol. The highest BCUT2D eigenvalue weighted by molar-refractivity contribution is 6.31. The number of H-pyrrole nitrogens is 1. The number of hydrogen-bond acceptors (Lipinski definition) is 3. The fourth-order valence-electron chi connectivity index (χ4n) is 4.00. The number of rotatable bonds is 5. The molecule has 0 spiro atoms. The number of carbonyl (C=O) groups excluding carboxylic acids is 2. The zero-order valence-electron chi connectivity index (χ0n) is 15.3. The van der Waals surface area contributed by atoms with Crippen molar-refractivity contribution in [3.05, 3.63) is 76.2 Å². The Morgan fingerprint density at radius 1 is 1.24 bits per heavy atom. The van der Waals surface area contributed by atoms with E-state index in [1.54, 1.807) is 30.3 Å². The van der Waals surface area contributed by atoms with E-state index in [4.69, 9.17) is 17.3 Å². The Labute approximate surface area is 171 Å². The van der Waals surface area contributed by atoms with E-state index in [0.29, 0.717) is 17.9 Å². The normalized spacial score (nSPS) is 17.7. The Bertz CT molecular complexity index is 1110. The Kier molecular flexibility index (Phi) is 4.84. The first-order chi connectivity index (χ1) is 13.9. The molecule has 4 rings (SSSR count). The Balaban J connectivity index is 1.73. The van der Waals surface area contributed by atoms with E-state index < -0.39 is 23.2 Å². The van der Waals surface area contributed by atoms with Crippen LogP contribution in [0.4, 0.5) is 4.39 Å². The molecular formula is C21H18ClFN4O2. The lowest BCUT2D eigenvalue weighted by Crippen LogP contribution is -2.47. The van der Waals surface area contributed by atoms with E-state index in [-0.39, 0.29) is 23.2 Å². The zero-order chi connectivity index (χ0) is 20.6. The van der Waals surface area contributed by atoms with Gasteiger partial charge >= 0.3 is 0 Å². The molecule has 0 saturated carbocycles. The van der Waals surface area contributed by atoms with Crippen LogP contribution in [0, 0.1) is 5.82 Å². The first-order valence-corrected chi connectivity index (χ1v) is 9.46. The first kappa shape index (κ1) is 19.1.